The molecule has 0 aliphatic rings. The Kier molecular flexibility index (Phi) is 4.88. The minimum atomic E-state index is -0.0119. The quantitative estimate of drug-likeness (QED) is 0.784. The highest BCUT2D eigenvalue weighted by Gasteiger charge is 2.03. The summed E-state index contributed by atoms with van der Waals surface area (Å²) in [7, 11) is 0. The molecule has 0 aliphatic heterocycles. The first-order valence-corrected chi connectivity index (χ1v) is 5.50. The molecule has 0 saturated carbocycles. The standard InChI is InChI=1S/C13H14ClNO/c1-10(2)13(16)15-9-5-7-11-6-3-4-8-12(11)14/h3-4,6,8,10H,9H2,1-2H3,(H,15,16). The highest BCUT2D eigenvalue weighted by molar-refractivity contribution is 6.31. The fraction of sp³-hybridized carbons (Fsp3) is 0.308. The molecule has 16 heavy (non-hydrogen) atoms. The van der Waals surface area contributed by atoms with E-state index in [2.05, 4.69) is 17.2 Å². The maximum atomic E-state index is 11.2. The van der Waals surface area contributed by atoms with Crippen LogP contribution in [0.2, 0.25) is 5.02 Å². The van der Waals surface area contributed by atoms with Gasteiger partial charge < -0.3 is 5.32 Å². The molecule has 1 amide bonds. The molecule has 3 heteroatoms. The SMILES string of the molecule is CC(C)C(=O)NCC#Cc1ccccc1Cl. The first-order valence-electron chi connectivity index (χ1n) is 5.12. The van der Waals surface area contributed by atoms with E-state index in [1.807, 2.05) is 32.0 Å². The number of hydrogen-bond acceptors (Lipinski definition) is 1. The molecular formula is C13H14ClNO. The minimum absolute atomic E-state index is 0.00783. The van der Waals surface area contributed by atoms with Gasteiger partial charge in [0.05, 0.1) is 11.6 Å². The van der Waals surface area contributed by atoms with Crippen LogP contribution in [0, 0.1) is 17.8 Å². The van der Waals surface area contributed by atoms with E-state index < -0.39 is 0 Å². The van der Waals surface area contributed by atoms with Crippen molar-refractivity contribution >= 4 is 17.5 Å². The molecule has 84 valence electrons. The van der Waals surface area contributed by atoms with Crippen LogP contribution in [0.5, 0.6) is 0 Å². The molecule has 1 N–H and O–H groups in total. The van der Waals surface area contributed by atoms with Gasteiger partial charge in [0, 0.05) is 11.5 Å². The topological polar surface area (TPSA) is 29.1 Å². The minimum Gasteiger partial charge on any atom is -0.345 e. The Morgan fingerprint density at radius 1 is 1.44 bits per heavy atom. The summed E-state index contributed by atoms with van der Waals surface area (Å²) < 4.78 is 0. The van der Waals surface area contributed by atoms with E-state index in [0.29, 0.717) is 11.6 Å². The number of carbonyl (C=O) groups is 1. The average molecular weight is 236 g/mol. The maximum absolute atomic E-state index is 11.2. The molecule has 0 unspecified atom stereocenters. The van der Waals surface area contributed by atoms with Gasteiger partial charge in [-0.2, -0.15) is 0 Å². The van der Waals surface area contributed by atoms with Gasteiger partial charge in [0.2, 0.25) is 5.91 Å². The Balaban J connectivity index is 2.51. The molecule has 0 bridgehead atoms. The van der Waals surface area contributed by atoms with Gasteiger partial charge in [0.1, 0.15) is 0 Å². The number of benzene rings is 1. The Morgan fingerprint density at radius 2 is 2.12 bits per heavy atom. The smallest absolute Gasteiger partial charge is 0.223 e. The summed E-state index contributed by atoms with van der Waals surface area (Å²) >= 11 is 5.93. The molecule has 0 spiro atoms. The predicted octanol–water partition coefficient (Wildman–Crippen LogP) is 2.46. The van der Waals surface area contributed by atoms with E-state index >= 15 is 0 Å². The van der Waals surface area contributed by atoms with Crippen LogP contribution in [-0.2, 0) is 4.79 Å². The van der Waals surface area contributed by atoms with Gasteiger partial charge in [-0.15, -0.1) is 0 Å². The van der Waals surface area contributed by atoms with E-state index in [4.69, 9.17) is 11.6 Å². The zero-order valence-electron chi connectivity index (χ0n) is 9.38. The number of rotatable bonds is 2. The van der Waals surface area contributed by atoms with Gasteiger partial charge in [-0.25, -0.2) is 0 Å². The Bertz CT molecular complexity index is 429. The third-order valence-corrected chi connectivity index (χ3v) is 2.30. The van der Waals surface area contributed by atoms with Crippen LogP contribution in [0.15, 0.2) is 24.3 Å². The normalized spacial score (nSPS) is 9.50. The first-order chi connectivity index (χ1) is 7.61. The summed E-state index contributed by atoms with van der Waals surface area (Å²) in [5.74, 6) is 5.77. The summed E-state index contributed by atoms with van der Waals surface area (Å²) in [6, 6.07) is 7.37. The second-order valence-electron chi connectivity index (χ2n) is 3.65. The molecule has 0 saturated heterocycles. The van der Waals surface area contributed by atoms with E-state index in [0.717, 1.165) is 5.56 Å². The van der Waals surface area contributed by atoms with Crippen molar-refractivity contribution in [3.8, 4) is 11.8 Å². The highest BCUT2D eigenvalue weighted by atomic mass is 35.5. The second-order valence-corrected chi connectivity index (χ2v) is 4.06. The molecule has 1 rings (SSSR count). The molecule has 1 aromatic rings. The highest BCUT2D eigenvalue weighted by Crippen LogP contribution is 2.12. The van der Waals surface area contributed by atoms with E-state index in [1.165, 1.54) is 0 Å². The van der Waals surface area contributed by atoms with Crippen LogP contribution in [0.25, 0.3) is 0 Å². The summed E-state index contributed by atoms with van der Waals surface area (Å²) in [5.41, 5.74) is 0.781. The summed E-state index contributed by atoms with van der Waals surface area (Å²) in [6.07, 6.45) is 0. The zero-order chi connectivity index (χ0) is 12.0. The molecule has 0 aromatic heterocycles. The van der Waals surface area contributed by atoms with Crippen LogP contribution in [0.3, 0.4) is 0 Å². The van der Waals surface area contributed by atoms with Crippen LogP contribution >= 0.6 is 11.6 Å². The number of hydrogen-bond donors (Lipinski definition) is 1. The van der Waals surface area contributed by atoms with Gasteiger partial charge >= 0.3 is 0 Å². The Morgan fingerprint density at radius 3 is 2.75 bits per heavy atom. The number of nitrogens with one attached hydrogen (secondary N) is 1. The van der Waals surface area contributed by atoms with E-state index in [1.54, 1.807) is 6.07 Å². The number of carbonyl (C=O) groups excluding carboxylic acids is 1. The van der Waals surface area contributed by atoms with Crippen LogP contribution in [0.1, 0.15) is 19.4 Å². The van der Waals surface area contributed by atoms with Crippen molar-refractivity contribution in [2.45, 2.75) is 13.8 Å². The van der Waals surface area contributed by atoms with Gasteiger partial charge in [0.15, 0.2) is 0 Å². The van der Waals surface area contributed by atoms with Crippen molar-refractivity contribution in [3.05, 3.63) is 34.9 Å². The number of halogens is 1. The van der Waals surface area contributed by atoms with Crippen molar-refractivity contribution < 1.29 is 4.79 Å². The average Bonchev–Trinajstić information content (AvgIpc) is 2.26. The lowest BCUT2D eigenvalue weighted by molar-refractivity contribution is -0.123. The van der Waals surface area contributed by atoms with Crippen molar-refractivity contribution in [1.82, 2.24) is 5.32 Å². The maximum Gasteiger partial charge on any atom is 0.223 e. The summed E-state index contributed by atoms with van der Waals surface area (Å²) in [4.78, 5) is 11.2. The van der Waals surface area contributed by atoms with Crippen LogP contribution < -0.4 is 5.32 Å². The van der Waals surface area contributed by atoms with Crippen molar-refractivity contribution in [3.63, 3.8) is 0 Å². The summed E-state index contributed by atoms with van der Waals surface area (Å²) in [6.45, 7) is 4.04. The molecule has 0 fully saturated rings. The lowest BCUT2D eigenvalue weighted by atomic mass is 10.2. The fourth-order valence-electron chi connectivity index (χ4n) is 1.04. The Hall–Kier alpha value is -1.46. The summed E-state index contributed by atoms with van der Waals surface area (Å²) in [5, 5.41) is 3.35. The number of amides is 1. The molecule has 0 atom stereocenters. The van der Waals surface area contributed by atoms with Gasteiger partial charge in [-0.3, -0.25) is 4.79 Å². The van der Waals surface area contributed by atoms with Gasteiger partial charge in [-0.1, -0.05) is 49.4 Å². The lowest BCUT2D eigenvalue weighted by Crippen LogP contribution is -2.27. The van der Waals surface area contributed by atoms with Gasteiger partial charge in [0.25, 0.3) is 0 Å². The largest absolute Gasteiger partial charge is 0.345 e. The lowest BCUT2D eigenvalue weighted by Gasteiger charge is -2.02. The first kappa shape index (κ1) is 12.6. The third-order valence-electron chi connectivity index (χ3n) is 1.97. The van der Waals surface area contributed by atoms with Crippen LogP contribution in [0.4, 0.5) is 0 Å². The monoisotopic (exact) mass is 235 g/mol. The molecule has 1 aromatic carbocycles. The molecular weight excluding hydrogens is 222 g/mol. The third kappa shape index (κ3) is 3.96. The zero-order valence-corrected chi connectivity index (χ0v) is 10.1. The fourth-order valence-corrected chi connectivity index (χ4v) is 1.22. The van der Waals surface area contributed by atoms with Crippen molar-refractivity contribution in [2.75, 3.05) is 6.54 Å². The van der Waals surface area contributed by atoms with Crippen molar-refractivity contribution in [2.24, 2.45) is 5.92 Å². The molecule has 0 heterocycles. The molecule has 2 nitrogen and oxygen atoms in total. The molecule has 0 radical (unpaired) electrons. The predicted molar refractivity (Wildman–Crippen MR) is 66.2 cm³/mol. The van der Waals surface area contributed by atoms with E-state index in [9.17, 15) is 4.79 Å². The van der Waals surface area contributed by atoms with Gasteiger partial charge in [-0.05, 0) is 12.1 Å². The van der Waals surface area contributed by atoms with E-state index in [-0.39, 0.29) is 11.8 Å². The second kappa shape index (κ2) is 6.19. The Labute approximate surface area is 101 Å². The van der Waals surface area contributed by atoms with Crippen LogP contribution in [-0.4, -0.2) is 12.5 Å². The molecule has 0 aliphatic carbocycles. The van der Waals surface area contributed by atoms with Crippen molar-refractivity contribution in [1.29, 1.82) is 0 Å².